The summed E-state index contributed by atoms with van der Waals surface area (Å²) in [7, 11) is -4.25. The molecule has 1 fully saturated rings. The quantitative estimate of drug-likeness (QED) is 0.637. The lowest BCUT2D eigenvalue weighted by molar-refractivity contribution is -0.137. The summed E-state index contributed by atoms with van der Waals surface area (Å²) >= 11 is 11.8. The van der Waals surface area contributed by atoms with Gasteiger partial charge < -0.3 is 4.90 Å². The molecule has 1 heterocycles. The smallest absolute Gasteiger partial charge is 0.370 e. The Hall–Kier alpha value is -1.64. The van der Waals surface area contributed by atoms with Crippen molar-refractivity contribution in [2.75, 3.05) is 22.7 Å². The minimum Gasteiger partial charge on any atom is -0.370 e. The molecule has 10 heteroatoms. The van der Waals surface area contributed by atoms with Crippen LogP contribution in [0.4, 0.5) is 24.5 Å². The average molecular weight is 453 g/mol. The van der Waals surface area contributed by atoms with Crippen molar-refractivity contribution in [3.63, 3.8) is 0 Å². The third kappa shape index (κ3) is 4.67. The second-order valence-corrected chi connectivity index (χ2v) is 8.95. The fourth-order valence-electron chi connectivity index (χ4n) is 3.09. The Balaban J connectivity index is 2.06. The van der Waals surface area contributed by atoms with Gasteiger partial charge in [-0.05, 0) is 55.7 Å². The fourth-order valence-corrected chi connectivity index (χ4v) is 4.92. The zero-order valence-electron chi connectivity index (χ0n) is 14.6. The molecule has 0 radical (unpaired) electrons. The number of benzene rings is 2. The molecule has 0 bridgehead atoms. The SMILES string of the molecule is O=S(=O)(Nc1cc(C(F)(F)F)ccc1N1CCCCC1)c1cc(Cl)ccc1Cl. The van der Waals surface area contributed by atoms with E-state index in [0.29, 0.717) is 18.8 Å². The van der Waals surface area contributed by atoms with Crippen molar-refractivity contribution in [3.8, 4) is 0 Å². The normalized spacial score (nSPS) is 15.5. The molecule has 0 amide bonds. The van der Waals surface area contributed by atoms with Crippen molar-refractivity contribution >= 4 is 44.6 Å². The number of nitrogens with one attached hydrogen (secondary N) is 1. The van der Waals surface area contributed by atoms with Gasteiger partial charge in [0.05, 0.1) is 22.0 Å². The number of rotatable bonds is 4. The average Bonchev–Trinajstić information content (AvgIpc) is 2.63. The van der Waals surface area contributed by atoms with Crippen LogP contribution in [0, 0.1) is 0 Å². The standard InChI is InChI=1S/C18H17Cl2F3N2O2S/c19-13-5-6-14(20)17(11-13)28(26,27)24-15-10-12(18(21,22)23)4-7-16(15)25-8-2-1-3-9-25/h4-7,10-11,24H,1-3,8-9H2. The lowest BCUT2D eigenvalue weighted by Crippen LogP contribution is -2.30. The van der Waals surface area contributed by atoms with E-state index in [2.05, 4.69) is 4.72 Å². The Morgan fingerprint density at radius 1 is 0.964 bits per heavy atom. The van der Waals surface area contributed by atoms with E-state index in [1.54, 1.807) is 0 Å². The summed E-state index contributed by atoms with van der Waals surface area (Å²) in [4.78, 5) is 1.57. The first-order valence-corrected chi connectivity index (χ1v) is 10.8. The second kappa shape index (κ2) is 8.00. The van der Waals surface area contributed by atoms with E-state index in [1.807, 2.05) is 4.90 Å². The van der Waals surface area contributed by atoms with Crippen molar-refractivity contribution < 1.29 is 21.6 Å². The van der Waals surface area contributed by atoms with Crippen molar-refractivity contribution in [3.05, 3.63) is 52.0 Å². The molecule has 3 rings (SSSR count). The molecule has 0 aliphatic carbocycles. The Labute approximate surface area is 171 Å². The van der Waals surface area contributed by atoms with E-state index in [9.17, 15) is 21.6 Å². The minimum atomic E-state index is -4.60. The van der Waals surface area contributed by atoms with Crippen molar-refractivity contribution in [2.45, 2.75) is 30.3 Å². The molecule has 1 saturated heterocycles. The van der Waals surface area contributed by atoms with E-state index in [0.717, 1.165) is 37.5 Å². The topological polar surface area (TPSA) is 49.4 Å². The third-order valence-electron chi connectivity index (χ3n) is 4.45. The number of nitrogens with zero attached hydrogens (tertiary/aromatic N) is 1. The Morgan fingerprint density at radius 3 is 2.29 bits per heavy atom. The molecule has 28 heavy (non-hydrogen) atoms. The van der Waals surface area contributed by atoms with Crippen LogP contribution in [0.1, 0.15) is 24.8 Å². The maximum Gasteiger partial charge on any atom is 0.416 e. The van der Waals surface area contributed by atoms with Gasteiger partial charge >= 0.3 is 6.18 Å². The molecule has 2 aromatic rings. The number of hydrogen-bond donors (Lipinski definition) is 1. The largest absolute Gasteiger partial charge is 0.416 e. The Kier molecular flexibility index (Phi) is 6.03. The molecule has 1 aliphatic rings. The van der Waals surface area contributed by atoms with Gasteiger partial charge in [-0.2, -0.15) is 13.2 Å². The Morgan fingerprint density at radius 2 is 1.64 bits per heavy atom. The highest BCUT2D eigenvalue weighted by molar-refractivity contribution is 7.92. The van der Waals surface area contributed by atoms with Gasteiger partial charge in [-0.3, -0.25) is 4.72 Å². The van der Waals surface area contributed by atoms with E-state index >= 15 is 0 Å². The summed E-state index contributed by atoms with van der Waals surface area (Å²) in [6.07, 6.45) is -1.81. The first-order valence-electron chi connectivity index (χ1n) is 8.52. The van der Waals surface area contributed by atoms with Gasteiger partial charge in [0, 0.05) is 18.1 Å². The summed E-state index contributed by atoms with van der Waals surface area (Å²) in [5, 5.41) is 0.0634. The first kappa shape index (κ1) is 21.1. The molecular formula is C18H17Cl2F3N2O2S. The summed E-state index contributed by atoms with van der Waals surface area (Å²) < 4.78 is 67.5. The van der Waals surface area contributed by atoms with E-state index in [-0.39, 0.29) is 20.6 Å². The van der Waals surface area contributed by atoms with Crippen LogP contribution in [0.2, 0.25) is 10.0 Å². The highest BCUT2D eigenvalue weighted by Gasteiger charge is 2.32. The first-order chi connectivity index (χ1) is 13.1. The van der Waals surface area contributed by atoms with Crippen LogP contribution < -0.4 is 9.62 Å². The monoisotopic (exact) mass is 452 g/mol. The molecule has 4 nitrogen and oxygen atoms in total. The molecule has 0 spiro atoms. The van der Waals surface area contributed by atoms with Crippen LogP contribution in [-0.4, -0.2) is 21.5 Å². The summed E-state index contributed by atoms with van der Waals surface area (Å²) in [5.74, 6) is 0. The number of hydrogen-bond acceptors (Lipinski definition) is 3. The van der Waals surface area contributed by atoms with Gasteiger partial charge in [-0.25, -0.2) is 8.42 Å². The number of piperidine rings is 1. The predicted molar refractivity (Wildman–Crippen MR) is 105 cm³/mol. The van der Waals surface area contributed by atoms with Crippen molar-refractivity contribution in [2.24, 2.45) is 0 Å². The van der Waals surface area contributed by atoms with Crippen molar-refractivity contribution in [1.29, 1.82) is 0 Å². The van der Waals surface area contributed by atoms with Gasteiger partial charge in [0.25, 0.3) is 10.0 Å². The van der Waals surface area contributed by atoms with Gasteiger partial charge in [0.15, 0.2) is 0 Å². The zero-order chi connectivity index (χ0) is 20.5. The van der Waals surface area contributed by atoms with E-state index in [1.165, 1.54) is 18.2 Å². The minimum absolute atomic E-state index is 0.0802. The van der Waals surface area contributed by atoms with Gasteiger partial charge in [-0.15, -0.1) is 0 Å². The maximum atomic E-state index is 13.2. The van der Waals surface area contributed by atoms with Gasteiger partial charge in [-0.1, -0.05) is 23.2 Å². The molecule has 0 saturated carbocycles. The highest BCUT2D eigenvalue weighted by atomic mass is 35.5. The highest BCUT2D eigenvalue weighted by Crippen LogP contribution is 2.38. The fraction of sp³-hybridized carbons (Fsp3) is 0.333. The Bertz CT molecular complexity index is 975. The molecule has 2 aromatic carbocycles. The molecule has 0 aromatic heterocycles. The molecule has 1 aliphatic heterocycles. The molecule has 152 valence electrons. The molecular weight excluding hydrogens is 436 g/mol. The second-order valence-electron chi connectivity index (χ2n) is 6.46. The van der Waals surface area contributed by atoms with Gasteiger partial charge in [0.2, 0.25) is 0 Å². The van der Waals surface area contributed by atoms with Crippen LogP contribution in [-0.2, 0) is 16.2 Å². The lowest BCUT2D eigenvalue weighted by Gasteiger charge is -2.31. The van der Waals surface area contributed by atoms with E-state index < -0.39 is 21.8 Å². The van der Waals surface area contributed by atoms with Crippen LogP contribution in [0.5, 0.6) is 0 Å². The van der Waals surface area contributed by atoms with Crippen molar-refractivity contribution in [1.82, 2.24) is 0 Å². The van der Waals surface area contributed by atoms with Crippen LogP contribution in [0.25, 0.3) is 0 Å². The number of alkyl halides is 3. The van der Waals surface area contributed by atoms with Gasteiger partial charge in [0.1, 0.15) is 4.90 Å². The maximum absolute atomic E-state index is 13.2. The molecule has 0 unspecified atom stereocenters. The zero-order valence-corrected chi connectivity index (χ0v) is 16.9. The lowest BCUT2D eigenvalue weighted by atomic mass is 10.1. The van der Waals surface area contributed by atoms with Crippen LogP contribution in [0.3, 0.4) is 0 Å². The summed E-state index contributed by atoms with van der Waals surface area (Å²) in [5.41, 5.74) is -0.689. The number of halogens is 5. The third-order valence-corrected chi connectivity index (χ3v) is 6.53. The summed E-state index contributed by atoms with van der Waals surface area (Å²) in [6, 6.07) is 6.95. The summed E-state index contributed by atoms with van der Waals surface area (Å²) in [6.45, 7) is 1.27. The van der Waals surface area contributed by atoms with Crippen LogP contribution >= 0.6 is 23.2 Å². The number of sulfonamides is 1. The number of anilines is 2. The molecule has 1 N–H and O–H groups in total. The van der Waals surface area contributed by atoms with E-state index in [4.69, 9.17) is 23.2 Å². The predicted octanol–water partition coefficient (Wildman–Crippen LogP) is 5.80. The van der Waals surface area contributed by atoms with Crippen LogP contribution in [0.15, 0.2) is 41.3 Å². The molecule has 0 atom stereocenters.